The number of benzene rings is 2. The minimum absolute atomic E-state index is 0.0831. The number of aromatic nitrogens is 1. The van der Waals surface area contributed by atoms with Gasteiger partial charge in [0.25, 0.3) is 0 Å². The number of amides is 2. The van der Waals surface area contributed by atoms with Crippen molar-refractivity contribution in [3.05, 3.63) is 75.5 Å². The Kier molecular flexibility index (Phi) is 6.27. The number of halogens is 2. The second kappa shape index (κ2) is 9.08. The fraction of sp³-hybridized carbons (Fsp3) is 0.273. The van der Waals surface area contributed by atoms with Crippen LogP contribution in [0.4, 0.5) is 4.79 Å². The van der Waals surface area contributed by atoms with Gasteiger partial charge in [0.1, 0.15) is 0 Å². The number of pyridine rings is 1. The minimum atomic E-state index is -0.287. The molecule has 0 bridgehead atoms. The molecule has 1 aromatic heterocycles. The molecule has 2 N–H and O–H groups in total. The van der Waals surface area contributed by atoms with E-state index >= 15 is 0 Å². The molecule has 1 aliphatic rings. The van der Waals surface area contributed by atoms with Gasteiger partial charge in [0.2, 0.25) is 0 Å². The first-order valence-electron chi connectivity index (χ1n) is 9.85. The zero-order valence-electron chi connectivity index (χ0n) is 16.3. The van der Waals surface area contributed by atoms with E-state index in [9.17, 15) is 9.59 Å². The zero-order valence-corrected chi connectivity index (χ0v) is 17.8. The molecule has 2 amide bonds. The Morgan fingerprint density at radius 3 is 2.57 bits per heavy atom. The second-order valence-corrected chi connectivity index (χ2v) is 8.28. The van der Waals surface area contributed by atoms with Crippen molar-refractivity contribution in [1.29, 1.82) is 0 Å². The summed E-state index contributed by atoms with van der Waals surface area (Å²) in [7, 11) is 0. The molecule has 0 radical (unpaired) electrons. The number of fused-ring (bicyclic) bond motifs is 1. The molecule has 0 spiro atoms. The summed E-state index contributed by atoms with van der Waals surface area (Å²) in [5.74, 6) is 0. The third kappa shape index (κ3) is 4.61. The van der Waals surface area contributed by atoms with Crippen molar-refractivity contribution >= 4 is 40.3 Å². The van der Waals surface area contributed by atoms with Gasteiger partial charge >= 0.3 is 6.03 Å². The smallest absolute Gasteiger partial charge is 0.315 e. The van der Waals surface area contributed by atoms with Crippen LogP contribution in [-0.2, 0) is 6.54 Å². The number of carbonyl (C=O) groups is 1. The summed E-state index contributed by atoms with van der Waals surface area (Å²) in [6, 6.07) is 14.7. The number of piperidine rings is 1. The Bertz CT molecular complexity index is 1110. The molecule has 0 atom stereocenters. The fourth-order valence-corrected chi connectivity index (χ4v) is 4.05. The van der Waals surface area contributed by atoms with Gasteiger partial charge in [-0.15, -0.1) is 0 Å². The Morgan fingerprint density at radius 1 is 1.10 bits per heavy atom. The lowest BCUT2D eigenvalue weighted by Gasteiger charge is -2.27. The summed E-state index contributed by atoms with van der Waals surface area (Å²) >= 11 is 12.1. The second-order valence-electron chi connectivity index (χ2n) is 7.36. The standard InChI is InChI=1S/C22H22Cl2N4O2/c23-16-6-7-19-20(12-16)28(18-4-2-1-3-5-18)14-15(21(19)29)13-25-22(30)26-17-8-10-27(24)11-9-17/h1-7,12,14,17H,8-11,13H2,(H2,25,26,30). The van der Waals surface area contributed by atoms with Gasteiger partial charge in [0.05, 0.1) is 5.52 Å². The minimum Gasteiger partial charge on any atom is -0.335 e. The molecular formula is C22H22Cl2N4O2. The van der Waals surface area contributed by atoms with Crippen molar-refractivity contribution in [3.63, 3.8) is 0 Å². The van der Waals surface area contributed by atoms with Crippen molar-refractivity contribution in [2.45, 2.75) is 25.4 Å². The maximum atomic E-state index is 13.0. The van der Waals surface area contributed by atoms with Crippen LogP contribution in [0, 0.1) is 0 Å². The van der Waals surface area contributed by atoms with Gasteiger partial charge in [0.15, 0.2) is 5.43 Å². The molecule has 0 aliphatic carbocycles. The summed E-state index contributed by atoms with van der Waals surface area (Å²) in [5, 5.41) is 6.88. The predicted molar refractivity (Wildman–Crippen MR) is 120 cm³/mol. The lowest BCUT2D eigenvalue weighted by Crippen LogP contribution is -2.46. The SMILES string of the molecule is O=C(NCc1cn(-c2ccccc2)c2cc(Cl)ccc2c1=O)NC1CCN(Cl)CC1. The number of nitrogens with zero attached hydrogens (tertiary/aromatic N) is 2. The molecule has 3 aromatic rings. The number of urea groups is 1. The van der Waals surface area contributed by atoms with Crippen LogP contribution >= 0.6 is 23.4 Å². The van der Waals surface area contributed by atoms with Crippen molar-refractivity contribution in [3.8, 4) is 5.69 Å². The van der Waals surface area contributed by atoms with Crippen LogP contribution in [0.3, 0.4) is 0 Å². The summed E-state index contributed by atoms with van der Waals surface area (Å²) in [5.41, 5.74) is 2.01. The van der Waals surface area contributed by atoms with Gasteiger partial charge in [-0.2, -0.15) is 0 Å². The highest BCUT2D eigenvalue weighted by molar-refractivity contribution is 6.31. The monoisotopic (exact) mass is 444 g/mol. The van der Waals surface area contributed by atoms with Crippen LogP contribution in [0.15, 0.2) is 59.5 Å². The van der Waals surface area contributed by atoms with E-state index in [4.69, 9.17) is 23.4 Å². The molecule has 6 nitrogen and oxygen atoms in total. The van der Waals surface area contributed by atoms with Crippen molar-refractivity contribution in [2.24, 2.45) is 0 Å². The lowest BCUT2D eigenvalue weighted by molar-refractivity contribution is 0.228. The van der Waals surface area contributed by atoms with Crippen LogP contribution in [0.1, 0.15) is 18.4 Å². The molecule has 2 heterocycles. The van der Waals surface area contributed by atoms with Gasteiger partial charge in [-0.25, -0.2) is 9.21 Å². The van der Waals surface area contributed by atoms with Crippen molar-refractivity contribution < 1.29 is 4.79 Å². The Labute approximate surface area is 184 Å². The number of nitrogens with one attached hydrogen (secondary N) is 2. The first-order chi connectivity index (χ1) is 14.5. The highest BCUT2D eigenvalue weighted by Gasteiger charge is 2.19. The topological polar surface area (TPSA) is 66.4 Å². The predicted octanol–water partition coefficient (Wildman–Crippen LogP) is 4.06. The van der Waals surface area contributed by atoms with Crippen LogP contribution in [0.5, 0.6) is 0 Å². The third-order valence-corrected chi connectivity index (χ3v) is 5.86. The van der Waals surface area contributed by atoms with Crippen LogP contribution in [0.2, 0.25) is 5.02 Å². The molecule has 1 saturated heterocycles. The number of hydrogen-bond acceptors (Lipinski definition) is 3. The maximum Gasteiger partial charge on any atom is 0.315 e. The molecule has 2 aromatic carbocycles. The van der Waals surface area contributed by atoms with Crippen molar-refractivity contribution in [1.82, 2.24) is 19.6 Å². The van der Waals surface area contributed by atoms with E-state index in [0.717, 1.165) is 37.1 Å². The fourth-order valence-electron chi connectivity index (χ4n) is 3.69. The average molecular weight is 445 g/mol. The molecule has 4 rings (SSSR count). The number of hydrogen-bond donors (Lipinski definition) is 2. The molecule has 8 heteroatoms. The van der Waals surface area contributed by atoms with Gasteiger partial charge in [-0.3, -0.25) is 4.79 Å². The van der Waals surface area contributed by atoms with E-state index in [0.29, 0.717) is 16.0 Å². The summed E-state index contributed by atoms with van der Waals surface area (Å²) in [6.45, 7) is 1.60. The first kappa shape index (κ1) is 20.7. The van der Waals surface area contributed by atoms with Crippen LogP contribution < -0.4 is 16.1 Å². The normalized spacial score (nSPS) is 15.3. The zero-order chi connectivity index (χ0) is 21.1. The van der Waals surface area contributed by atoms with Gasteiger partial charge in [0, 0.05) is 53.5 Å². The number of carbonyl (C=O) groups excluding carboxylic acids is 1. The summed E-state index contributed by atoms with van der Waals surface area (Å²) < 4.78 is 3.65. The summed E-state index contributed by atoms with van der Waals surface area (Å²) in [6.07, 6.45) is 3.37. The Hall–Kier alpha value is -2.54. The summed E-state index contributed by atoms with van der Waals surface area (Å²) in [4.78, 5) is 25.4. The highest BCUT2D eigenvalue weighted by Crippen LogP contribution is 2.21. The van der Waals surface area contributed by atoms with E-state index in [1.807, 2.05) is 34.9 Å². The quantitative estimate of drug-likeness (QED) is 0.596. The molecular weight excluding hydrogens is 423 g/mol. The lowest BCUT2D eigenvalue weighted by atomic mass is 10.1. The van der Waals surface area contributed by atoms with E-state index < -0.39 is 0 Å². The Balaban J connectivity index is 1.58. The number of para-hydroxylation sites is 1. The van der Waals surface area contributed by atoms with Gasteiger partial charge in [-0.1, -0.05) is 29.8 Å². The molecule has 0 unspecified atom stereocenters. The van der Waals surface area contributed by atoms with Gasteiger partial charge < -0.3 is 15.2 Å². The van der Waals surface area contributed by atoms with Crippen molar-refractivity contribution in [2.75, 3.05) is 13.1 Å². The largest absolute Gasteiger partial charge is 0.335 e. The molecule has 1 fully saturated rings. The Morgan fingerprint density at radius 2 is 1.83 bits per heavy atom. The van der Waals surface area contributed by atoms with E-state index in [1.165, 1.54) is 0 Å². The van der Waals surface area contributed by atoms with E-state index in [2.05, 4.69) is 10.6 Å². The maximum absolute atomic E-state index is 13.0. The molecule has 156 valence electrons. The first-order valence-corrected chi connectivity index (χ1v) is 10.6. The van der Waals surface area contributed by atoms with E-state index in [-0.39, 0.29) is 24.0 Å². The van der Waals surface area contributed by atoms with E-state index in [1.54, 1.807) is 28.8 Å². The average Bonchev–Trinajstić information content (AvgIpc) is 2.75. The highest BCUT2D eigenvalue weighted by atomic mass is 35.5. The van der Waals surface area contributed by atoms with Crippen LogP contribution in [-0.4, -0.2) is 34.1 Å². The molecule has 30 heavy (non-hydrogen) atoms. The molecule has 1 aliphatic heterocycles. The number of rotatable bonds is 4. The van der Waals surface area contributed by atoms with Gasteiger partial charge in [-0.05, 0) is 55.0 Å². The third-order valence-electron chi connectivity index (χ3n) is 5.29. The van der Waals surface area contributed by atoms with Crippen LogP contribution in [0.25, 0.3) is 16.6 Å². The molecule has 0 saturated carbocycles.